The molecule has 4 atom stereocenters. The molecule has 2 aromatic carbocycles. The molecule has 3 unspecified atom stereocenters. The van der Waals surface area contributed by atoms with Crippen molar-refractivity contribution in [2.24, 2.45) is 16.1 Å². The van der Waals surface area contributed by atoms with Gasteiger partial charge < -0.3 is 20.7 Å². The Morgan fingerprint density at radius 1 is 1.10 bits per heavy atom. The lowest BCUT2D eigenvalue weighted by atomic mass is 9.85. The van der Waals surface area contributed by atoms with Crippen LogP contribution in [0.15, 0.2) is 77.6 Å². The number of urea groups is 1. The van der Waals surface area contributed by atoms with Crippen molar-refractivity contribution in [2.45, 2.75) is 84.6 Å². The number of benzene rings is 2. The molecule has 4 aromatic rings. The van der Waals surface area contributed by atoms with E-state index in [9.17, 15) is 13.4 Å². The van der Waals surface area contributed by atoms with E-state index in [0.29, 0.717) is 36.0 Å². The van der Waals surface area contributed by atoms with E-state index in [1.54, 1.807) is 6.08 Å². The van der Waals surface area contributed by atoms with Crippen LogP contribution in [-0.2, 0) is 21.9 Å². The summed E-state index contributed by atoms with van der Waals surface area (Å²) >= 11 is -1.57. The van der Waals surface area contributed by atoms with Gasteiger partial charge in [-0.25, -0.2) is 18.4 Å². The smallest absolute Gasteiger partial charge is 0.320 e. The third-order valence-electron chi connectivity index (χ3n) is 9.50. The third kappa shape index (κ3) is 8.79. The maximum Gasteiger partial charge on any atom is 0.320 e. The van der Waals surface area contributed by atoms with E-state index < -0.39 is 28.3 Å². The van der Waals surface area contributed by atoms with Gasteiger partial charge in [0.25, 0.3) is 0 Å². The van der Waals surface area contributed by atoms with Crippen molar-refractivity contribution >= 4 is 40.2 Å². The Morgan fingerprint density at radius 3 is 2.63 bits per heavy atom. The first-order valence-electron chi connectivity index (χ1n) is 17.6. The first-order chi connectivity index (χ1) is 24.9. The average Bonchev–Trinajstić information content (AvgIpc) is 3.52. The fourth-order valence-corrected chi connectivity index (χ4v) is 6.80. The summed E-state index contributed by atoms with van der Waals surface area (Å²) in [6, 6.07) is 15.7. The highest BCUT2D eigenvalue weighted by Gasteiger charge is 2.30. The molecule has 276 valence electrons. The second kappa shape index (κ2) is 15.8. The Hall–Kier alpha value is -4.82. The highest BCUT2D eigenvalue weighted by molar-refractivity contribution is 7.79. The number of amides is 2. The number of ether oxygens (including phenoxy) is 1. The third-order valence-corrected chi connectivity index (χ3v) is 9.95. The van der Waals surface area contributed by atoms with Crippen LogP contribution in [0.2, 0.25) is 0 Å². The van der Waals surface area contributed by atoms with Crippen molar-refractivity contribution in [2.75, 3.05) is 17.7 Å². The number of hydrogen-bond donors (Lipinski definition) is 3. The molecule has 6 rings (SSSR count). The van der Waals surface area contributed by atoms with Gasteiger partial charge in [-0.05, 0) is 80.5 Å². The Bertz CT molecular complexity index is 2010. The van der Waals surface area contributed by atoms with Crippen molar-refractivity contribution in [1.29, 1.82) is 0 Å². The predicted octanol–water partition coefficient (Wildman–Crippen LogP) is 6.93. The highest BCUT2D eigenvalue weighted by Crippen LogP contribution is 2.39. The van der Waals surface area contributed by atoms with Crippen molar-refractivity contribution in [1.82, 2.24) is 25.2 Å². The number of carbonyl (C=O) groups is 1. The minimum atomic E-state index is -1.57. The van der Waals surface area contributed by atoms with E-state index in [4.69, 9.17) is 14.7 Å². The molecule has 0 spiro atoms. The molecule has 1 aliphatic carbocycles. The van der Waals surface area contributed by atoms with Gasteiger partial charge in [-0.15, -0.1) is 10.2 Å². The van der Waals surface area contributed by atoms with Gasteiger partial charge in [-0.3, -0.25) is 13.9 Å². The zero-order valence-electron chi connectivity index (χ0n) is 30.3. The lowest BCUT2D eigenvalue weighted by molar-refractivity contribution is 0.171. The van der Waals surface area contributed by atoms with Crippen LogP contribution in [-0.4, -0.2) is 49.5 Å². The fraction of sp³-hybridized carbons (Fsp3) is 0.421. The second-order valence-electron chi connectivity index (χ2n) is 14.4. The van der Waals surface area contributed by atoms with Gasteiger partial charge in [-0.2, -0.15) is 0 Å². The van der Waals surface area contributed by atoms with Crippen LogP contribution < -0.4 is 26.0 Å². The summed E-state index contributed by atoms with van der Waals surface area (Å²) in [5.41, 5.74) is 9.74. The van der Waals surface area contributed by atoms with Crippen molar-refractivity contribution in [3.63, 3.8) is 0 Å². The van der Waals surface area contributed by atoms with Crippen LogP contribution in [0.3, 0.4) is 0 Å². The minimum absolute atomic E-state index is 0.176. The first-order valence-corrected chi connectivity index (χ1v) is 19.1. The van der Waals surface area contributed by atoms with Gasteiger partial charge >= 0.3 is 6.03 Å². The van der Waals surface area contributed by atoms with Gasteiger partial charge in [0, 0.05) is 41.6 Å². The summed E-state index contributed by atoms with van der Waals surface area (Å²) in [5, 5.41) is 14.9. The molecule has 3 heterocycles. The molecule has 1 fully saturated rings. The molecule has 1 aliphatic heterocycles. The SMILES string of the molecule is C[C@H]1CCCCN1c1nnc2ccc(OC3CCC(NC(=O)NC(C=C(N)C(C)(C)C)=Nc4ccc(F)c(COS(C)=O)c4)c4ccccc43)cn12. The van der Waals surface area contributed by atoms with E-state index in [1.807, 2.05) is 67.8 Å². The van der Waals surface area contributed by atoms with Crippen LogP contribution in [0.4, 0.5) is 20.8 Å². The number of aliphatic imine (C=N–C) groups is 1. The normalized spacial score (nSPS) is 20.3. The van der Waals surface area contributed by atoms with E-state index in [-0.39, 0.29) is 30.2 Å². The molecule has 2 aromatic heterocycles. The van der Waals surface area contributed by atoms with Gasteiger partial charge in [0.2, 0.25) is 5.95 Å². The Balaban J connectivity index is 1.19. The van der Waals surface area contributed by atoms with Gasteiger partial charge in [0.05, 0.1) is 24.5 Å². The number of halogens is 1. The number of anilines is 1. The van der Waals surface area contributed by atoms with Crippen LogP contribution >= 0.6 is 0 Å². The number of nitrogens with one attached hydrogen (secondary N) is 2. The zero-order valence-corrected chi connectivity index (χ0v) is 31.1. The summed E-state index contributed by atoms with van der Waals surface area (Å²) < 4.78 is 39.6. The summed E-state index contributed by atoms with van der Waals surface area (Å²) in [5.74, 6) is 1.20. The van der Waals surface area contributed by atoms with Crippen molar-refractivity contribution in [3.8, 4) is 5.75 Å². The molecule has 2 aliphatic rings. The van der Waals surface area contributed by atoms with Crippen LogP contribution in [0.25, 0.3) is 5.65 Å². The molecule has 4 N–H and O–H groups in total. The predicted molar refractivity (Wildman–Crippen MR) is 201 cm³/mol. The number of hydrogen-bond acceptors (Lipinski definition) is 9. The molecule has 52 heavy (non-hydrogen) atoms. The number of rotatable bonds is 9. The van der Waals surface area contributed by atoms with E-state index in [2.05, 4.69) is 37.6 Å². The number of pyridine rings is 1. The monoisotopic (exact) mass is 730 g/mol. The number of fused-ring (bicyclic) bond motifs is 2. The van der Waals surface area contributed by atoms with Crippen LogP contribution in [0, 0.1) is 11.2 Å². The zero-order chi connectivity index (χ0) is 37.0. The minimum Gasteiger partial charge on any atom is -0.484 e. The number of allylic oxidation sites excluding steroid dienone is 1. The number of carbonyl (C=O) groups excluding carboxylic acids is 1. The molecular formula is C38H47FN8O4S. The van der Waals surface area contributed by atoms with Gasteiger partial charge in [0.15, 0.2) is 16.7 Å². The van der Waals surface area contributed by atoms with E-state index in [1.165, 1.54) is 30.9 Å². The number of aromatic nitrogens is 3. The number of nitrogens with two attached hydrogens (primary N) is 1. The topological polar surface area (TPSA) is 148 Å². The molecule has 12 nitrogen and oxygen atoms in total. The number of amidine groups is 1. The molecule has 0 saturated carbocycles. The highest BCUT2D eigenvalue weighted by atomic mass is 32.2. The average molecular weight is 731 g/mol. The quantitative estimate of drug-likeness (QED) is 0.124. The summed E-state index contributed by atoms with van der Waals surface area (Å²) in [4.78, 5) is 20.5. The molecule has 2 amide bonds. The molecular weight excluding hydrogens is 684 g/mol. The lowest BCUT2D eigenvalue weighted by Gasteiger charge is -2.33. The second-order valence-corrected chi connectivity index (χ2v) is 15.4. The van der Waals surface area contributed by atoms with Crippen LogP contribution in [0.5, 0.6) is 5.75 Å². The summed E-state index contributed by atoms with van der Waals surface area (Å²) in [6.45, 7) is 8.83. The maximum atomic E-state index is 14.5. The largest absolute Gasteiger partial charge is 0.484 e. The van der Waals surface area contributed by atoms with Gasteiger partial charge in [-0.1, -0.05) is 45.0 Å². The number of piperidine rings is 1. The Labute approximate surface area is 306 Å². The Kier molecular flexibility index (Phi) is 11.2. The van der Waals surface area contributed by atoms with Crippen molar-refractivity contribution in [3.05, 3.63) is 95.1 Å². The lowest BCUT2D eigenvalue weighted by Crippen LogP contribution is -2.42. The molecule has 14 heteroatoms. The maximum absolute atomic E-state index is 14.5. The first kappa shape index (κ1) is 37.0. The van der Waals surface area contributed by atoms with E-state index >= 15 is 0 Å². The Morgan fingerprint density at radius 2 is 1.88 bits per heavy atom. The number of nitrogens with zero attached hydrogens (tertiary/aromatic N) is 5. The molecule has 0 radical (unpaired) electrons. The fourth-order valence-electron chi connectivity index (χ4n) is 6.50. The standard InChI is InChI=1S/C38H47FN8O4S/c1-24-10-8-9-19-46(24)37-45-44-35-18-14-27(22-47(35)37)51-32-17-16-31(28-11-6-7-12-29(28)32)42-36(48)43-34(21-33(40)38(2,3)4)41-26-13-15-30(39)25(20-26)23-50-52(5)49/h6-7,11-15,18,20-22,24,31-32H,8-10,16-17,19,23,40H2,1-5H3,(H2,41,42,43,48)/t24-,31?,32?,52?/m0/s1. The van der Waals surface area contributed by atoms with Crippen molar-refractivity contribution < 1.29 is 22.3 Å². The summed E-state index contributed by atoms with van der Waals surface area (Å²) in [7, 11) is 0. The van der Waals surface area contributed by atoms with E-state index in [0.717, 1.165) is 42.1 Å². The molecule has 0 bridgehead atoms. The summed E-state index contributed by atoms with van der Waals surface area (Å²) in [6.07, 6.45) is 9.48. The van der Waals surface area contributed by atoms with Gasteiger partial charge in [0.1, 0.15) is 23.5 Å². The molecule has 1 saturated heterocycles. The van der Waals surface area contributed by atoms with Crippen LogP contribution in [0.1, 0.15) is 88.6 Å².